The molecular formula is C27H31N5O3SSi. The molecule has 0 aliphatic rings. The maximum Gasteiger partial charge on any atom is 0.269 e. The fourth-order valence-electron chi connectivity index (χ4n) is 3.50. The molecule has 1 heterocycles. The second-order valence-electron chi connectivity index (χ2n) is 10.2. The van der Waals surface area contributed by atoms with Crippen LogP contribution in [0.4, 0.5) is 11.4 Å². The van der Waals surface area contributed by atoms with Crippen LogP contribution in [0.3, 0.4) is 0 Å². The predicted molar refractivity (Wildman–Crippen MR) is 150 cm³/mol. The Bertz CT molecular complexity index is 1380. The van der Waals surface area contributed by atoms with Gasteiger partial charge in [0, 0.05) is 21.3 Å². The summed E-state index contributed by atoms with van der Waals surface area (Å²) in [7, 11) is -2.23. The van der Waals surface area contributed by atoms with Crippen molar-refractivity contribution in [3.05, 3.63) is 70.4 Å². The van der Waals surface area contributed by atoms with E-state index in [1.165, 1.54) is 35.6 Å². The predicted octanol–water partition coefficient (Wildman–Crippen LogP) is 5.98. The van der Waals surface area contributed by atoms with Crippen molar-refractivity contribution in [1.29, 1.82) is 5.26 Å². The largest absolute Gasteiger partial charge is 0.412 e. The summed E-state index contributed by atoms with van der Waals surface area (Å²) >= 11 is 1.47. The lowest BCUT2D eigenvalue weighted by Crippen LogP contribution is -2.55. The van der Waals surface area contributed by atoms with Gasteiger partial charge in [-0.05, 0) is 66.8 Å². The smallest absolute Gasteiger partial charge is 0.269 e. The topological polar surface area (TPSA) is 108 Å². The first kappa shape index (κ1) is 27.9. The monoisotopic (exact) mass is 533 g/mol. The van der Waals surface area contributed by atoms with Crippen LogP contribution >= 0.6 is 11.3 Å². The Labute approximate surface area is 222 Å². The number of nitriles is 1. The summed E-state index contributed by atoms with van der Waals surface area (Å²) in [6.07, 6.45) is -0.526. The number of nitrogens with zero attached hydrogens (tertiary/aromatic N) is 2. The van der Waals surface area contributed by atoms with Crippen LogP contribution in [0.25, 0.3) is 14.9 Å². The number of carbonyl (C=O) groups is 2. The minimum absolute atomic E-state index is 0.0655. The first-order chi connectivity index (χ1) is 17.4. The number of hydrazine groups is 1. The molecule has 2 amide bonds. The fraction of sp³-hybridized carbons (Fsp3) is 0.333. The molecule has 0 aliphatic heterocycles. The van der Waals surface area contributed by atoms with E-state index in [4.69, 9.17) is 16.3 Å². The first-order valence-corrected chi connectivity index (χ1v) is 15.6. The molecule has 3 N–H and O–H groups in total. The summed E-state index contributed by atoms with van der Waals surface area (Å²) in [6, 6.07) is 12.7. The Morgan fingerprint density at radius 2 is 1.78 bits per heavy atom. The molecule has 0 saturated heterocycles. The zero-order chi connectivity index (χ0) is 27.4. The quantitative estimate of drug-likeness (QED) is 0.197. The van der Waals surface area contributed by atoms with Gasteiger partial charge >= 0.3 is 0 Å². The standard InChI is InChI=1S/C27H31N5O3SSi/c1-17(35-37(6,7)27(2,3)4)23(30-21-12-13-22(29-5)24-20(21)14-15-36-24)26(34)32-31-25(33)19-10-8-18(16-28)9-11-19/h8-15,17,23,30H,1-4,6-7H3,(H,31,33)(H,32,34)/t17?,23-/m1/s1. The van der Waals surface area contributed by atoms with Gasteiger partial charge in [0.25, 0.3) is 11.8 Å². The van der Waals surface area contributed by atoms with E-state index in [-0.39, 0.29) is 5.04 Å². The van der Waals surface area contributed by atoms with Crippen molar-refractivity contribution in [1.82, 2.24) is 10.9 Å². The second-order valence-corrected chi connectivity index (χ2v) is 15.9. The number of hydrogen-bond acceptors (Lipinski definition) is 6. The molecule has 3 rings (SSSR count). The second kappa shape index (κ2) is 11.1. The molecule has 1 unspecified atom stereocenters. The summed E-state index contributed by atoms with van der Waals surface area (Å²) in [5, 5.41) is 15.0. The van der Waals surface area contributed by atoms with Gasteiger partial charge in [0.05, 0.1) is 24.3 Å². The van der Waals surface area contributed by atoms with Crippen LogP contribution in [0.5, 0.6) is 0 Å². The molecule has 0 spiro atoms. The molecule has 3 aromatic rings. The molecule has 10 heteroatoms. The van der Waals surface area contributed by atoms with E-state index in [0.29, 0.717) is 22.5 Å². The van der Waals surface area contributed by atoms with Gasteiger partial charge in [0.2, 0.25) is 5.69 Å². The van der Waals surface area contributed by atoms with Crippen LogP contribution in [-0.4, -0.2) is 32.3 Å². The number of nitrogens with one attached hydrogen (secondary N) is 3. The molecule has 0 bridgehead atoms. The zero-order valence-electron chi connectivity index (χ0n) is 21.8. The third-order valence-corrected chi connectivity index (χ3v) is 12.2. The number of fused-ring (bicyclic) bond motifs is 1. The number of hydrogen-bond donors (Lipinski definition) is 3. The molecule has 2 atom stereocenters. The SMILES string of the molecule is [C-]#[N+]c1ccc(N[C@@H](C(=O)NNC(=O)c2ccc(C#N)cc2)C(C)O[Si](C)(C)C(C)(C)C)c2ccsc12. The van der Waals surface area contributed by atoms with Crippen LogP contribution < -0.4 is 16.2 Å². The van der Waals surface area contributed by atoms with E-state index in [2.05, 4.69) is 54.9 Å². The Hall–Kier alpha value is -3.70. The molecule has 1 aromatic heterocycles. The van der Waals surface area contributed by atoms with E-state index < -0.39 is 32.3 Å². The molecular weight excluding hydrogens is 502 g/mol. The maximum absolute atomic E-state index is 13.4. The Morgan fingerprint density at radius 3 is 2.38 bits per heavy atom. The van der Waals surface area contributed by atoms with Crippen LogP contribution in [0, 0.1) is 17.9 Å². The van der Waals surface area contributed by atoms with Crippen LogP contribution in [-0.2, 0) is 9.22 Å². The highest BCUT2D eigenvalue weighted by Crippen LogP contribution is 2.39. The highest BCUT2D eigenvalue weighted by Gasteiger charge is 2.41. The average Bonchev–Trinajstić information content (AvgIpc) is 3.35. The number of carbonyl (C=O) groups excluding carboxylic acids is 2. The number of rotatable bonds is 7. The van der Waals surface area contributed by atoms with E-state index in [0.717, 1.165) is 10.1 Å². The van der Waals surface area contributed by atoms with E-state index in [1.807, 2.05) is 24.4 Å². The van der Waals surface area contributed by atoms with Crippen LogP contribution in [0.2, 0.25) is 18.1 Å². The van der Waals surface area contributed by atoms with Gasteiger partial charge in [-0.25, -0.2) is 4.85 Å². The lowest BCUT2D eigenvalue weighted by molar-refractivity contribution is -0.124. The molecule has 8 nitrogen and oxygen atoms in total. The first-order valence-electron chi connectivity index (χ1n) is 11.8. The van der Waals surface area contributed by atoms with E-state index >= 15 is 0 Å². The Balaban J connectivity index is 1.86. The highest BCUT2D eigenvalue weighted by molar-refractivity contribution is 7.18. The molecule has 2 aromatic carbocycles. The summed E-state index contributed by atoms with van der Waals surface area (Å²) < 4.78 is 7.38. The minimum atomic E-state index is -2.23. The molecule has 0 aliphatic carbocycles. The lowest BCUT2D eigenvalue weighted by Gasteiger charge is -2.40. The number of amides is 2. The Kier molecular flexibility index (Phi) is 8.39. The van der Waals surface area contributed by atoms with Gasteiger partial charge in [0.1, 0.15) is 6.04 Å². The van der Waals surface area contributed by atoms with Crippen LogP contribution in [0.1, 0.15) is 43.6 Å². The number of thiophene rings is 1. The number of benzene rings is 2. The normalized spacial score (nSPS) is 13.2. The molecule has 0 fully saturated rings. The van der Waals surface area contributed by atoms with Crippen molar-refractivity contribution in [3.8, 4) is 6.07 Å². The van der Waals surface area contributed by atoms with Crippen molar-refractivity contribution in [2.45, 2.75) is 58.0 Å². The van der Waals surface area contributed by atoms with Gasteiger partial charge < -0.3 is 9.74 Å². The fourth-order valence-corrected chi connectivity index (χ4v) is 5.80. The summed E-state index contributed by atoms with van der Waals surface area (Å²) in [4.78, 5) is 29.6. The van der Waals surface area contributed by atoms with Gasteiger partial charge in [-0.2, -0.15) is 16.6 Å². The summed E-state index contributed by atoms with van der Waals surface area (Å²) in [5.41, 5.74) is 6.98. The number of anilines is 1. The van der Waals surface area contributed by atoms with Crippen molar-refractivity contribution in [3.63, 3.8) is 0 Å². The molecule has 37 heavy (non-hydrogen) atoms. The Morgan fingerprint density at radius 1 is 1.11 bits per heavy atom. The molecule has 0 radical (unpaired) electrons. The lowest BCUT2D eigenvalue weighted by atomic mass is 10.1. The third-order valence-electron chi connectivity index (χ3n) is 6.64. The zero-order valence-corrected chi connectivity index (χ0v) is 23.6. The van der Waals surface area contributed by atoms with Crippen molar-refractivity contribution < 1.29 is 14.0 Å². The van der Waals surface area contributed by atoms with Gasteiger partial charge in [-0.15, -0.1) is 0 Å². The molecule has 192 valence electrons. The minimum Gasteiger partial charge on any atom is -0.412 e. The van der Waals surface area contributed by atoms with E-state index in [9.17, 15) is 9.59 Å². The van der Waals surface area contributed by atoms with Crippen LogP contribution in [0.15, 0.2) is 47.8 Å². The van der Waals surface area contributed by atoms with Crippen molar-refractivity contribution in [2.75, 3.05) is 5.32 Å². The van der Waals surface area contributed by atoms with Crippen molar-refractivity contribution in [2.24, 2.45) is 0 Å². The van der Waals surface area contributed by atoms with Crippen molar-refractivity contribution >= 4 is 52.9 Å². The average molecular weight is 534 g/mol. The molecule has 0 saturated carbocycles. The summed E-state index contributed by atoms with van der Waals surface area (Å²) in [6.45, 7) is 19.9. The van der Waals surface area contributed by atoms with Gasteiger partial charge in [-0.1, -0.05) is 26.8 Å². The van der Waals surface area contributed by atoms with Gasteiger partial charge in [0.15, 0.2) is 8.32 Å². The highest BCUT2D eigenvalue weighted by atomic mass is 32.1. The maximum atomic E-state index is 13.4. The summed E-state index contributed by atoms with van der Waals surface area (Å²) in [5.74, 6) is -0.970. The third kappa shape index (κ3) is 6.36. The van der Waals surface area contributed by atoms with Gasteiger partial charge in [-0.3, -0.25) is 20.4 Å². The van der Waals surface area contributed by atoms with E-state index in [1.54, 1.807) is 12.1 Å².